The summed E-state index contributed by atoms with van der Waals surface area (Å²) in [5.74, 6) is 0.692. The fourth-order valence-electron chi connectivity index (χ4n) is 1.89. The molecule has 5 heteroatoms. The number of hydrogen-bond acceptors (Lipinski definition) is 4. The molecule has 1 aliphatic carbocycles. The molecule has 1 fully saturated rings. The van der Waals surface area contributed by atoms with Crippen molar-refractivity contribution in [1.29, 1.82) is 0 Å². The molecule has 0 bridgehead atoms. The minimum atomic E-state index is 0.238. The third kappa shape index (κ3) is 3.01. The highest BCUT2D eigenvalue weighted by Gasteiger charge is 2.21. The Hall–Kier alpha value is -0.430. The maximum atomic E-state index is 6.04. The van der Waals surface area contributed by atoms with Gasteiger partial charge in [-0.1, -0.05) is 12.8 Å². The zero-order valence-corrected chi connectivity index (χ0v) is 10.6. The molecule has 0 spiro atoms. The first kappa shape index (κ1) is 11.1. The monoisotopic (exact) mass is 318 g/mol. The lowest BCUT2D eigenvalue weighted by Gasteiger charge is -2.29. The van der Waals surface area contributed by atoms with Crippen LogP contribution in [-0.4, -0.2) is 22.1 Å². The smallest absolute Gasteiger partial charge is 0.222 e. The summed E-state index contributed by atoms with van der Waals surface area (Å²) in [6.07, 6.45) is 8.33. The van der Waals surface area contributed by atoms with Crippen molar-refractivity contribution in [2.75, 3.05) is 5.32 Å². The molecule has 4 nitrogen and oxygen atoms in total. The van der Waals surface area contributed by atoms with Crippen molar-refractivity contribution in [1.82, 2.24) is 9.97 Å². The average Bonchev–Trinajstić information content (AvgIpc) is 2.25. The molecule has 2 unspecified atom stereocenters. The fourth-order valence-corrected chi connectivity index (χ4v) is 2.17. The highest BCUT2D eigenvalue weighted by Crippen LogP contribution is 2.19. The molecule has 82 valence electrons. The third-order valence-corrected chi connectivity index (χ3v) is 3.31. The van der Waals surface area contributed by atoms with Crippen LogP contribution in [0.15, 0.2) is 12.4 Å². The van der Waals surface area contributed by atoms with Crippen LogP contribution >= 0.6 is 22.6 Å². The molecule has 1 aromatic rings. The second kappa shape index (κ2) is 5.07. The van der Waals surface area contributed by atoms with E-state index in [0.29, 0.717) is 12.0 Å². The van der Waals surface area contributed by atoms with Crippen molar-refractivity contribution in [2.24, 2.45) is 5.73 Å². The van der Waals surface area contributed by atoms with Crippen LogP contribution in [-0.2, 0) is 0 Å². The van der Waals surface area contributed by atoms with Crippen LogP contribution in [0.2, 0.25) is 0 Å². The Morgan fingerprint density at radius 1 is 1.27 bits per heavy atom. The summed E-state index contributed by atoms with van der Waals surface area (Å²) >= 11 is 2.19. The van der Waals surface area contributed by atoms with Gasteiger partial charge in [0.15, 0.2) is 0 Å². The molecule has 2 rings (SSSR count). The molecular weight excluding hydrogens is 303 g/mol. The minimum absolute atomic E-state index is 0.238. The summed E-state index contributed by atoms with van der Waals surface area (Å²) in [6.45, 7) is 0. The lowest BCUT2D eigenvalue weighted by Crippen LogP contribution is -2.42. The first-order chi connectivity index (χ1) is 7.25. The molecule has 1 aromatic heterocycles. The Balaban J connectivity index is 1.98. The molecule has 0 saturated heterocycles. The van der Waals surface area contributed by atoms with E-state index in [2.05, 4.69) is 37.9 Å². The van der Waals surface area contributed by atoms with E-state index in [1.807, 2.05) is 12.4 Å². The lowest BCUT2D eigenvalue weighted by molar-refractivity contribution is 0.402. The van der Waals surface area contributed by atoms with Crippen LogP contribution in [0.3, 0.4) is 0 Å². The van der Waals surface area contributed by atoms with E-state index in [-0.39, 0.29) is 6.04 Å². The maximum absolute atomic E-state index is 6.04. The summed E-state index contributed by atoms with van der Waals surface area (Å²) in [5, 5.41) is 3.31. The summed E-state index contributed by atoms with van der Waals surface area (Å²) in [4.78, 5) is 8.44. The number of nitrogens with two attached hydrogens (primary N) is 1. The molecule has 0 radical (unpaired) electrons. The zero-order chi connectivity index (χ0) is 10.7. The van der Waals surface area contributed by atoms with Crippen LogP contribution in [0.25, 0.3) is 0 Å². The van der Waals surface area contributed by atoms with Gasteiger partial charge in [0.2, 0.25) is 5.95 Å². The van der Waals surface area contributed by atoms with Gasteiger partial charge in [-0.2, -0.15) is 0 Å². The van der Waals surface area contributed by atoms with Crippen LogP contribution in [0.4, 0.5) is 5.95 Å². The van der Waals surface area contributed by atoms with Gasteiger partial charge in [-0.15, -0.1) is 0 Å². The van der Waals surface area contributed by atoms with Crippen molar-refractivity contribution < 1.29 is 0 Å². The quantitative estimate of drug-likeness (QED) is 0.816. The average molecular weight is 318 g/mol. The molecule has 1 saturated carbocycles. The van der Waals surface area contributed by atoms with Crippen molar-refractivity contribution in [3.63, 3.8) is 0 Å². The van der Waals surface area contributed by atoms with E-state index < -0.39 is 0 Å². The first-order valence-corrected chi connectivity index (χ1v) is 6.33. The molecule has 1 aliphatic rings. The Labute approximate surface area is 103 Å². The zero-order valence-electron chi connectivity index (χ0n) is 8.49. The Kier molecular flexibility index (Phi) is 3.74. The van der Waals surface area contributed by atoms with Crippen molar-refractivity contribution >= 4 is 28.5 Å². The van der Waals surface area contributed by atoms with E-state index in [0.717, 1.165) is 16.4 Å². The molecule has 15 heavy (non-hydrogen) atoms. The molecule has 1 heterocycles. The third-order valence-electron chi connectivity index (χ3n) is 2.75. The van der Waals surface area contributed by atoms with Crippen LogP contribution in [0.5, 0.6) is 0 Å². The van der Waals surface area contributed by atoms with E-state index >= 15 is 0 Å². The number of nitrogens with zero attached hydrogens (tertiary/aromatic N) is 2. The second-order valence-electron chi connectivity index (χ2n) is 3.92. The maximum Gasteiger partial charge on any atom is 0.222 e. The number of hydrogen-bond donors (Lipinski definition) is 2. The predicted octanol–water partition coefficient (Wildman–Crippen LogP) is 1.76. The number of rotatable bonds is 2. The van der Waals surface area contributed by atoms with Gasteiger partial charge < -0.3 is 11.1 Å². The Bertz CT molecular complexity index is 314. The number of anilines is 1. The summed E-state index contributed by atoms with van der Waals surface area (Å²) in [7, 11) is 0. The van der Waals surface area contributed by atoms with Crippen LogP contribution in [0, 0.1) is 3.57 Å². The molecule has 0 aliphatic heterocycles. The summed E-state index contributed by atoms with van der Waals surface area (Å²) in [6, 6.07) is 0.570. The first-order valence-electron chi connectivity index (χ1n) is 5.25. The van der Waals surface area contributed by atoms with Gasteiger partial charge in [-0.25, -0.2) is 9.97 Å². The standard InChI is InChI=1S/C10H15IN4/c11-7-5-13-10(14-6-7)15-9-4-2-1-3-8(9)12/h5-6,8-9H,1-4,12H2,(H,13,14,15). The van der Waals surface area contributed by atoms with Gasteiger partial charge in [0.05, 0.1) is 0 Å². The van der Waals surface area contributed by atoms with Crippen molar-refractivity contribution in [2.45, 2.75) is 37.8 Å². The van der Waals surface area contributed by atoms with Gasteiger partial charge in [-0.3, -0.25) is 0 Å². The van der Waals surface area contributed by atoms with Gasteiger partial charge >= 0.3 is 0 Å². The largest absolute Gasteiger partial charge is 0.350 e. The van der Waals surface area contributed by atoms with Gasteiger partial charge in [0, 0.05) is 28.0 Å². The Morgan fingerprint density at radius 3 is 2.60 bits per heavy atom. The molecule has 2 atom stereocenters. The lowest BCUT2D eigenvalue weighted by atomic mass is 9.91. The summed E-state index contributed by atoms with van der Waals surface area (Å²) in [5.41, 5.74) is 6.04. The number of nitrogens with one attached hydrogen (secondary N) is 1. The molecule has 0 aromatic carbocycles. The predicted molar refractivity (Wildman–Crippen MR) is 68.6 cm³/mol. The number of halogens is 1. The Morgan fingerprint density at radius 2 is 1.93 bits per heavy atom. The van der Waals surface area contributed by atoms with E-state index in [1.54, 1.807) is 0 Å². The molecule has 3 N–H and O–H groups in total. The normalized spacial score (nSPS) is 26.3. The minimum Gasteiger partial charge on any atom is -0.350 e. The fraction of sp³-hybridized carbons (Fsp3) is 0.600. The van der Waals surface area contributed by atoms with Crippen LogP contribution < -0.4 is 11.1 Å². The van der Waals surface area contributed by atoms with Crippen molar-refractivity contribution in [3.05, 3.63) is 16.0 Å². The second-order valence-corrected chi connectivity index (χ2v) is 5.17. The van der Waals surface area contributed by atoms with E-state index in [4.69, 9.17) is 5.73 Å². The number of aromatic nitrogens is 2. The van der Waals surface area contributed by atoms with E-state index in [1.165, 1.54) is 12.8 Å². The molecule has 0 amide bonds. The van der Waals surface area contributed by atoms with Gasteiger partial charge in [0.25, 0.3) is 0 Å². The van der Waals surface area contributed by atoms with Crippen molar-refractivity contribution in [3.8, 4) is 0 Å². The highest BCUT2D eigenvalue weighted by atomic mass is 127. The summed E-state index contributed by atoms with van der Waals surface area (Å²) < 4.78 is 1.05. The SMILES string of the molecule is NC1CCCCC1Nc1ncc(I)cn1. The molecular formula is C10H15IN4. The van der Waals surface area contributed by atoms with Gasteiger partial charge in [0.1, 0.15) is 0 Å². The highest BCUT2D eigenvalue weighted by molar-refractivity contribution is 14.1. The van der Waals surface area contributed by atoms with Gasteiger partial charge in [-0.05, 0) is 35.4 Å². The van der Waals surface area contributed by atoms with E-state index in [9.17, 15) is 0 Å². The van der Waals surface area contributed by atoms with Crippen LogP contribution in [0.1, 0.15) is 25.7 Å². The topological polar surface area (TPSA) is 63.8 Å².